The molecular formula is C32H38N2O5. The highest BCUT2D eigenvalue weighted by Gasteiger charge is 2.30. The fourth-order valence-electron chi connectivity index (χ4n) is 3.99. The summed E-state index contributed by atoms with van der Waals surface area (Å²) in [7, 11) is 0. The largest absolute Gasteiger partial charge is 0.459 e. The Balaban J connectivity index is 1.84. The van der Waals surface area contributed by atoms with Crippen LogP contribution in [0.2, 0.25) is 0 Å². The third kappa shape index (κ3) is 9.93. The summed E-state index contributed by atoms with van der Waals surface area (Å²) < 4.78 is 10.9. The molecule has 0 unspecified atom stereocenters. The van der Waals surface area contributed by atoms with Crippen LogP contribution in [-0.4, -0.2) is 41.1 Å². The number of carbonyl (C=O) groups is 3. The summed E-state index contributed by atoms with van der Waals surface area (Å²) in [5.41, 5.74) is 4.08. The number of benzene rings is 3. The van der Waals surface area contributed by atoms with E-state index < -0.39 is 29.6 Å². The van der Waals surface area contributed by atoms with Crippen molar-refractivity contribution in [2.24, 2.45) is 0 Å². The summed E-state index contributed by atoms with van der Waals surface area (Å²) in [6.07, 6.45) is -0.459. The Morgan fingerprint density at radius 2 is 1.44 bits per heavy atom. The van der Waals surface area contributed by atoms with Crippen molar-refractivity contribution in [2.45, 2.75) is 65.8 Å². The number of esters is 1. The van der Waals surface area contributed by atoms with Gasteiger partial charge in [0, 0.05) is 13.0 Å². The zero-order valence-electron chi connectivity index (χ0n) is 23.4. The molecule has 1 N–H and O–H groups in total. The van der Waals surface area contributed by atoms with Crippen LogP contribution in [0.4, 0.5) is 4.79 Å². The van der Waals surface area contributed by atoms with E-state index >= 15 is 0 Å². The summed E-state index contributed by atoms with van der Waals surface area (Å²) in [5, 5.41) is 2.75. The molecule has 3 rings (SSSR count). The summed E-state index contributed by atoms with van der Waals surface area (Å²) in [4.78, 5) is 41.0. The zero-order chi connectivity index (χ0) is 28.4. The van der Waals surface area contributed by atoms with Crippen LogP contribution in [0.25, 0.3) is 0 Å². The molecule has 3 aromatic carbocycles. The number of rotatable bonds is 10. The molecule has 0 radical (unpaired) electrons. The van der Waals surface area contributed by atoms with Crippen molar-refractivity contribution in [3.63, 3.8) is 0 Å². The lowest BCUT2D eigenvalue weighted by Gasteiger charge is -2.29. The van der Waals surface area contributed by atoms with Crippen molar-refractivity contribution >= 4 is 18.0 Å². The third-order valence-corrected chi connectivity index (χ3v) is 6.09. The van der Waals surface area contributed by atoms with Gasteiger partial charge in [0.05, 0.1) is 0 Å². The first-order chi connectivity index (χ1) is 18.5. The number of aryl methyl sites for hydroxylation is 2. The van der Waals surface area contributed by atoms with Crippen molar-refractivity contribution in [1.82, 2.24) is 10.2 Å². The van der Waals surface area contributed by atoms with Crippen molar-refractivity contribution in [3.05, 3.63) is 107 Å². The molecule has 7 nitrogen and oxygen atoms in total. The Bertz CT molecular complexity index is 1250. The monoisotopic (exact) mass is 530 g/mol. The smallest absolute Gasteiger partial charge is 0.408 e. The molecule has 0 bridgehead atoms. The van der Waals surface area contributed by atoms with Gasteiger partial charge in [-0.1, -0.05) is 78.9 Å². The fraction of sp³-hybridized carbons (Fsp3) is 0.344. The highest BCUT2D eigenvalue weighted by molar-refractivity contribution is 5.88. The van der Waals surface area contributed by atoms with Gasteiger partial charge in [-0.15, -0.1) is 0 Å². The molecule has 0 spiro atoms. The van der Waals surface area contributed by atoms with E-state index in [0.29, 0.717) is 0 Å². The first-order valence-corrected chi connectivity index (χ1v) is 13.1. The van der Waals surface area contributed by atoms with Gasteiger partial charge in [0.1, 0.15) is 24.8 Å². The van der Waals surface area contributed by atoms with Gasteiger partial charge < -0.3 is 19.7 Å². The van der Waals surface area contributed by atoms with Crippen molar-refractivity contribution < 1.29 is 23.9 Å². The van der Waals surface area contributed by atoms with E-state index in [2.05, 4.69) is 5.32 Å². The van der Waals surface area contributed by atoms with E-state index in [1.54, 1.807) is 20.8 Å². The number of ether oxygens (including phenoxy) is 2. The van der Waals surface area contributed by atoms with E-state index in [-0.39, 0.29) is 26.1 Å². The lowest BCUT2D eigenvalue weighted by atomic mass is 10.00. The van der Waals surface area contributed by atoms with E-state index in [9.17, 15) is 14.4 Å². The fourth-order valence-corrected chi connectivity index (χ4v) is 3.99. The number of nitrogens with zero attached hydrogens (tertiary/aromatic N) is 1. The van der Waals surface area contributed by atoms with Crippen LogP contribution in [0, 0.1) is 13.8 Å². The van der Waals surface area contributed by atoms with Crippen LogP contribution in [-0.2, 0) is 38.6 Å². The molecule has 7 heteroatoms. The lowest BCUT2D eigenvalue weighted by Crippen LogP contribution is -2.51. The number of amides is 2. The quantitative estimate of drug-likeness (QED) is 0.349. The second kappa shape index (κ2) is 13.6. The molecule has 0 aromatic heterocycles. The predicted molar refractivity (Wildman–Crippen MR) is 151 cm³/mol. The van der Waals surface area contributed by atoms with Gasteiger partial charge in [0.25, 0.3) is 0 Å². The van der Waals surface area contributed by atoms with Crippen LogP contribution in [0.1, 0.15) is 48.6 Å². The molecule has 0 aliphatic heterocycles. The third-order valence-electron chi connectivity index (χ3n) is 6.09. The summed E-state index contributed by atoms with van der Waals surface area (Å²) in [6, 6.07) is 23.7. The van der Waals surface area contributed by atoms with Gasteiger partial charge in [-0.3, -0.25) is 9.59 Å². The second-order valence-corrected chi connectivity index (χ2v) is 10.6. The molecule has 0 aliphatic rings. The van der Waals surface area contributed by atoms with E-state index in [1.807, 2.05) is 92.7 Å². The van der Waals surface area contributed by atoms with Gasteiger partial charge in [0.2, 0.25) is 5.91 Å². The van der Waals surface area contributed by atoms with Crippen molar-refractivity contribution in [2.75, 3.05) is 6.54 Å². The molecule has 0 aliphatic carbocycles. The van der Waals surface area contributed by atoms with Gasteiger partial charge >= 0.3 is 12.1 Å². The van der Waals surface area contributed by atoms with Gasteiger partial charge in [-0.25, -0.2) is 4.79 Å². The van der Waals surface area contributed by atoms with Crippen LogP contribution < -0.4 is 5.32 Å². The molecule has 206 valence electrons. The maximum absolute atomic E-state index is 14.0. The minimum atomic E-state index is -0.951. The van der Waals surface area contributed by atoms with Crippen molar-refractivity contribution in [1.29, 1.82) is 0 Å². The number of hydrogen-bond donors (Lipinski definition) is 1. The van der Waals surface area contributed by atoms with Crippen LogP contribution in [0.3, 0.4) is 0 Å². The van der Waals surface area contributed by atoms with Crippen molar-refractivity contribution in [3.8, 4) is 0 Å². The van der Waals surface area contributed by atoms with Gasteiger partial charge in [-0.05, 0) is 62.4 Å². The highest BCUT2D eigenvalue weighted by atomic mass is 16.6. The average Bonchev–Trinajstić information content (AvgIpc) is 2.88. The maximum atomic E-state index is 14.0. The topological polar surface area (TPSA) is 84.9 Å². The number of carbonyl (C=O) groups excluding carboxylic acids is 3. The van der Waals surface area contributed by atoms with E-state index in [4.69, 9.17) is 9.47 Å². The summed E-state index contributed by atoms with van der Waals surface area (Å²) in [6.45, 7) is 9.32. The summed E-state index contributed by atoms with van der Waals surface area (Å²) in [5.74, 6) is -0.940. The molecule has 39 heavy (non-hydrogen) atoms. The minimum Gasteiger partial charge on any atom is -0.459 e. The molecule has 3 aromatic rings. The average molecular weight is 531 g/mol. The number of hydrogen-bond acceptors (Lipinski definition) is 5. The summed E-state index contributed by atoms with van der Waals surface area (Å²) >= 11 is 0. The highest BCUT2D eigenvalue weighted by Crippen LogP contribution is 2.16. The van der Waals surface area contributed by atoms with E-state index in [1.165, 1.54) is 4.90 Å². The molecule has 0 fully saturated rings. The molecule has 2 amide bonds. The maximum Gasteiger partial charge on any atom is 0.408 e. The van der Waals surface area contributed by atoms with E-state index in [0.717, 1.165) is 27.8 Å². The minimum absolute atomic E-state index is 0.106. The molecule has 0 saturated heterocycles. The van der Waals surface area contributed by atoms with Crippen LogP contribution in [0.15, 0.2) is 78.9 Å². The van der Waals surface area contributed by atoms with Gasteiger partial charge in [0.15, 0.2) is 0 Å². The molecular weight excluding hydrogens is 492 g/mol. The molecule has 0 heterocycles. The SMILES string of the molecule is Cc1ccc(C[C@H](NC(=O)OC(C)(C)C)C(=O)N(CC(=O)OCc2ccccc2)Cc2ccccc2)cc1C. The molecule has 1 atom stereocenters. The van der Waals surface area contributed by atoms with Crippen LogP contribution in [0.5, 0.6) is 0 Å². The number of alkyl carbamates (subject to hydrolysis) is 1. The Labute approximate surface area is 231 Å². The Morgan fingerprint density at radius 1 is 0.821 bits per heavy atom. The Kier molecular flexibility index (Phi) is 10.3. The Hall–Kier alpha value is -4.13. The number of nitrogens with one attached hydrogen (secondary N) is 1. The second-order valence-electron chi connectivity index (χ2n) is 10.6. The van der Waals surface area contributed by atoms with Gasteiger partial charge in [-0.2, -0.15) is 0 Å². The van der Waals surface area contributed by atoms with Crippen LogP contribution >= 0.6 is 0 Å². The zero-order valence-corrected chi connectivity index (χ0v) is 23.4. The predicted octanol–water partition coefficient (Wildman–Crippen LogP) is 5.51. The Morgan fingerprint density at radius 3 is 2.03 bits per heavy atom. The standard InChI is InChI=1S/C32H38N2O5/c1-23-16-17-27(18-24(23)2)19-28(33-31(37)39-32(3,4)5)30(36)34(20-25-12-8-6-9-13-25)21-29(35)38-22-26-14-10-7-11-15-26/h6-18,28H,19-22H2,1-5H3,(H,33,37)/t28-/m0/s1. The normalized spacial score (nSPS) is 11.8. The first-order valence-electron chi connectivity index (χ1n) is 13.1. The first kappa shape index (κ1) is 29.4. The molecule has 0 saturated carbocycles. The lowest BCUT2D eigenvalue weighted by molar-refractivity contribution is -0.151.